The Morgan fingerprint density at radius 2 is 2.04 bits per heavy atom. The predicted molar refractivity (Wildman–Crippen MR) is 89.6 cm³/mol. The second kappa shape index (κ2) is 6.52. The van der Waals surface area contributed by atoms with Crippen LogP contribution in [0, 0.1) is 0 Å². The van der Waals surface area contributed by atoms with Crippen molar-refractivity contribution in [1.29, 1.82) is 0 Å². The molecule has 0 spiro atoms. The van der Waals surface area contributed by atoms with Crippen LogP contribution < -0.4 is 0 Å². The molecule has 7 heteroatoms. The molecule has 1 aliphatic heterocycles. The number of benzene rings is 1. The highest BCUT2D eigenvalue weighted by atomic mass is 16.5. The van der Waals surface area contributed by atoms with Gasteiger partial charge >= 0.3 is 5.97 Å². The van der Waals surface area contributed by atoms with Gasteiger partial charge < -0.3 is 13.7 Å². The predicted octanol–water partition coefficient (Wildman–Crippen LogP) is 2.34. The number of hydrogen-bond acceptors (Lipinski definition) is 6. The van der Waals surface area contributed by atoms with Gasteiger partial charge in [-0.1, -0.05) is 30.3 Å². The van der Waals surface area contributed by atoms with Crippen molar-refractivity contribution >= 4 is 5.97 Å². The van der Waals surface area contributed by atoms with E-state index in [-0.39, 0.29) is 5.76 Å². The first kappa shape index (κ1) is 15.6. The van der Waals surface area contributed by atoms with E-state index in [0.29, 0.717) is 13.1 Å². The first-order chi connectivity index (χ1) is 12.3. The lowest BCUT2D eigenvalue weighted by Crippen LogP contribution is -2.33. The van der Waals surface area contributed by atoms with Gasteiger partial charge in [-0.3, -0.25) is 4.90 Å². The van der Waals surface area contributed by atoms with Crippen LogP contribution in [0.15, 0.2) is 47.1 Å². The zero-order valence-corrected chi connectivity index (χ0v) is 13.9. The first-order valence-electron chi connectivity index (χ1n) is 8.11. The van der Waals surface area contributed by atoms with E-state index in [2.05, 4.69) is 19.7 Å². The van der Waals surface area contributed by atoms with Crippen LogP contribution in [0.5, 0.6) is 0 Å². The molecule has 0 unspecified atom stereocenters. The summed E-state index contributed by atoms with van der Waals surface area (Å²) in [5.74, 6) is 1.63. The number of esters is 1. The lowest BCUT2D eigenvalue weighted by molar-refractivity contribution is 0.0561. The largest absolute Gasteiger partial charge is 0.463 e. The molecule has 0 N–H and O–H groups in total. The molecule has 1 aromatic carbocycles. The second-order valence-electron chi connectivity index (χ2n) is 5.93. The van der Waals surface area contributed by atoms with Crippen molar-refractivity contribution < 1.29 is 13.9 Å². The lowest BCUT2D eigenvalue weighted by atomic mass is 10.2. The minimum Gasteiger partial charge on any atom is -0.463 e. The van der Waals surface area contributed by atoms with Crippen LogP contribution in [0.1, 0.15) is 21.9 Å². The van der Waals surface area contributed by atoms with Gasteiger partial charge in [-0.2, -0.15) is 0 Å². The number of fused-ring (bicyclic) bond motifs is 1. The molecule has 1 aliphatic rings. The molecule has 0 bridgehead atoms. The van der Waals surface area contributed by atoms with Crippen molar-refractivity contribution in [2.45, 2.75) is 19.6 Å². The topological polar surface area (TPSA) is 73.4 Å². The molecule has 0 atom stereocenters. The van der Waals surface area contributed by atoms with E-state index in [1.54, 1.807) is 6.07 Å². The van der Waals surface area contributed by atoms with Crippen LogP contribution in [0.3, 0.4) is 0 Å². The Labute approximate surface area is 144 Å². The molecule has 0 radical (unpaired) electrons. The number of aromatic nitrogens is 3. The fraction of sp³-hybridized carbons (Fsp3) is 0.278. The smallest absolute Gasteiger partial charge is 0.374 e. The van der Waals surface area contributed by atoms with Gasteiger partial charge in [-0.15, -0.1) is 10.2 Å². The number of carbonyl (C=O) groups excluding carboxylic acids is 1. The van der Waals surface area contributed by atoms with Gasteiger partial charge in [0.1, 0.15) is 5.82 Å². The highest BCUT2D eigenvalue weighted by Gasteiger charge is 2.24. The maximum atomic E-state index is 11.7. The zero-order valence-electron chi connectivity index (χ0n) is 13.9. The Morgan fingerprint density at radius 3 is 2.84 bits per heavy atom. The van der Waals surface area contributed by atoms with E-state index in [4.69, 9.17) is 9.15 Å². The number of carbonyl (C=O) groups is 1. The van der Waals surface area contributed by atoms with Crippen LogP contribution in [0.2, 0.25) is 0 Å². The average molecular weight is 338 g/mol. The van der Waals surface area contributed by atoms with E-state index < -0.39 is 5.97 Å². The van der Waals surface area contributed by atoms with Crippen molar-refractivity contribution in [3.8, 4) is 11.4 Å². The Balaban J connectivity index is 1.52. The SMILES string of the molecule is COC(=O)c1occc1CN1CCn2c(nnc2-c2ccccc2)C1. The molecule has 0 saturated carbocycles. The molecular formula is C18H18N4O3. The van der Waals surface area contributed by atoms with E-state index in [0.717, 1.165) is 35.9 Å². The third kappa shape index (κ3) is 2.94. The fourth-order valence-electron chi connectivity index (χ4n) is 3.12. The molecule has 25 heavy (non-hydrogen) atoms. The molecule has 2 aromatic heterocycles. The van der Waals surface area contributed by atoms with Crippen molar-refractivity contribution in [3.63, 3.8) is 0 Å². The van der Waals surface area contributed by atoms with Gasteiger partial charge in [0.15, 0.2) is 5.82 Å². The highest BCUT2D eigenvalue weighted by molar-refractivity contribution is 5.87. The monoisotopic (exact) mass is 338 g/mol. The number of hydrogen-bond donors (Lipinski definition) is 0. The number of ether oxygens (including phenoxy) is 1. The highest BCUT2D eigenvalue weighted by Crippen LogP contribution is 2.23. The molecular weight excluding hydrogens is 320 g/mol. The number of furan rings is 1. The Bertz CT molecular complexity index is 885. The molecule has 3 heterocycles. The quantitative estimate of drug-likeness (QED) is 0.680. The van der Waals surface area contributed by atoms with E-state index >= 15 is 0 Å². The van der Waals surface area contributed by atoms with Gasteiger partial charge in [-0.05, 0) is 6.07 Å². The molecule has 4 rings (SSSR count). The molecule has 3 aromatic rings. The second-order valence-corrected chi connectivity index (χ2v) is 5.93. The fourth-order valence-corrected chi connectivity index (χ4v) is 3.12. The van der Waals surface area contributed by atoms with Crippen LogP contribution >= 0.6 is 0 Å². The van der Waals surface area contributed by atoms with Crippen molar-refractivity contribution in [3.05, 3.63) is 59.8 Å². The normalized spacial score (nSPS) is 14.3. The lowest BCUT2D eigenvalue weighted by Gasteiger charge is -2.27. The Hall–Kier alpha value is -2.93. The summed E-state index contributed by atoms with van der Waals surface area (Å²) in [7, 11) is 1.35. The van der Waals surface area contributed by atoms with E-state index in [1.165, 1.54) is 13.4 Å². The molecule has 0 fully saturated rings. The minimum absolute atomic E-state index is 0.263. The number of methoxy groups -OCH3 is 1. The van der Waals surface area contributed by atoms with Gasteiger partial charge in [0.2, 0.25) is 5.76 Å². The molecule has 0 aliphatic carbocycles. The summed E-state index contributed by atoms with van der Waals surface area (Å²) < 4.78 is 12.2. The third-order valence-electron chi connectivity index (χ3n) is 4.38. The zero-order chi connectivity index (χ0) is 17.2. The van der Waals surface area contributed by atoms with Crippen LogP contribution in [-0.2, 0) is 24.4 Å². The summed E-state index contributed by atoms with van der Waals surface area (Å²) in [5, 5.41) is 8.69. The van der Waals surface area contributed by atoms with Crippen LogP contribution in [0.25, 0.3) is 11.4 Å². The van der Waals surface area contributed by atoms with Crippen LogP contribution in [0.4, 0.5) is 0 Å². The first-order valence-corrected chi connectivity index (χ1v) is 8.11. The molecule has 7 nitrogen and oxygen atoms in total. The number of rotatable bonds is 4. The van der Waals surface area contributed by atoms with Crippen molar-refractivity contribution in [1.82, 2.24) is 19.7 Å². The standard InChI is InChI=1S/C18H18N4O3/c1-24-18(23)16-14(7-10-25-16)11-21-8-9-22-15(12-21)19-20-17(22)13-5-3-2-4-6-13/h2-7,10H,8-9,11-12H2,1H3. The van der Waals surface area contributed by atoms with Crippen LogP contribution in [-0.4, -0.2) is 39.3 Å². The maximum Gasteiger partial charge on any atom is 0.374 e. The van der Waals surface area contributed by atoms with Gasteiger partial charge in [0.25, 0.3) is 0 Å². The third-order valence-corrected chi connectivity index (χ3v) is 4.38. The van der Waals surface area contributed by atoms with Gasteiger partial charge in [0.05, 0.1) is 19.9 Å². The summed E-state index contributed by atoms with van der Waals surface area (Å²) in [6, 6.07) is 11.9. The Morgan fingerprint density at radius 1 is 1.20 bits per heavy atom. The summed E-state index contributed by atoms with van der Waals surface area (Å²) in [4.78, 5) is 14.0. The maximum absolute atomic E-state index is 11.7. The van der Waals surface area contributed by atoms with Gasteiger partial charge in [-0.25, -0.2) is 4.79 Å². The van der Waals surface area contributed by atoms with E-state index in [9.17, 15) is 4.79 Å². The van der Waals surface area contributed by atoms with E-state index in [1.807, 2.05) is 30.3 Å². The van der Waals surface area contributed by atoms with Crippen molar-refractivity contribution in [2.75, 3.05) is 13.7 Å². The molecule has 0 amide bonds. The summed E-state index contributed by atoms with van der Waals surface area (Å²) in [5.41, 5.74) is 1.89. The van der Waals surface area contributed by atoms with Gasteiger partial charge in [0, 0.05) is 30.8 Å². The number of nitrogens with zero attached hydrogens (tertiary/aromatic N) is 4. The Kier molecular flexibility index (Phi) is 4.07. The minimum atomic E-state index is -0.452. The molecule has 128 valence electrons. The summed E-state index contributed by atoms with van der Waals surface area (Å²) >= 11 is 0. The average Bonchev–Trinajstić information content (AvgIpc) is 3.28. The molecule has 0 saturated heterocycles. The summed E-state index contributed by atoms with van der Waals surface area (Å²) in [6.45, 7) is 2.93. The summed E-state index contributed by atoms with van der Waals surface area (Å²) in [6.07, 6.45) is 1.52. The van der Waals surface area contributed by atoms with Crippen molar-refractivity contribution in [2.24, 2.45) is 0 Å².